The molecule has 21 heavy (non-hydrogen) atoms. The lowest BCUT2D eigenvalue weighted by Gasteiger charge is -2.33. The fourth-order valence-electron chi connectivity index (χ4n) is 3.14. The smallest absolute Gasteiger partial charge is 0.391 e. The van der Waals surface area contributed by atoms with E-state index in [1.807, 2.05) is 6.92 Å². The molecule has 1 N–H and O–H groups in total. The summed E-state index contributed by atoms with van der Waals surface area (Å²) in [7, 11) is 1.78. The molecule has 2 rings (SSSR count). The second-order valence-electron chi connectivity index (χ2n) is 5.91. The van der Waals surface area contributed by atoms with Gasteiger partial charge in [0.05, 0.1) is 27.9 Å². The van der Waals surface area contributed by atoms with E-state index in [4.69, 9.17) is 0 Å². The topological polar surface area (TPSA) is 38.0 Å². The van der Waals surface area contributed by atoms with Gasteiger partial charge in [-0.15, -0.1) is 0 Å². The summed E-state index contributed by atoms with van der Waals surface area (Å²) in [5, 5.41) is 14.6. The second-order valence-corrected chi connectivity index (χ2v) is 6.70. The minimum Gasteiger partial charge on any atom is -0.392 e. The van der Waals surface area contributed by atoms with Crippen molar-refractivity contribution < 1.29 is 18.3 Å². The number of aryl methyl sites for hydroxylation is 2. The Bertz CT molecular complexity index is 501. The summed E-state index contributed by atoms with van der Waals surface area (Å²) >= 11 is 3.42. The van der Waals surface area contributed by atoms with Gasteiger partial charge in [0.2, 0.25) is 0 Å². The summed E-state index contributed by atoms with van der Waals surface area (Å²) < 4.78 is 41.0. The van der Waals surface area contributed by atoms with E-state index in [0.717, 1.165) is 15.9 Å². The summed E-state index contributed by atoms with van der Waals surface area (Å²) in [5.74, 6) is -1.57. The molecule has 1 aromatic rings. The van der Waals surface area contributed by atoms with Gasteiger partial charge in [0.15, 0.2) is 0 Å². The van der Waals surface area contributed by atoms with E-state index in [2.05, 4.69) is 21.0 Å². The third kappa shape index (κ3) is 3.80. The molecule has 1 saturated carbocycles. The summed E-state index contributed by atoms with van der Waals surface area (Å²) in [6, 6.07) is 0. The Balaban J connectivity index is 2.04. The second kappa shape index (κ2) is 6.28. The molecular weight excluding hydrogens is 349 g/mol. The highest BCUT2D eigenvalue weighted by Crippen LogP contribution is 2.41. The van der Waals surface area contributed by atoms with Crippen molar-refractivity contribution in [1.82, 2.24) is 9.78 Å². The number of aliphatic hydroxyl groups excluding tert-OH is 1. The molecule has 0 spiro atoms. The molecule has 0 saturated heterocycles. The van der Waals surface area contributed by atoms with Gasteiger partial charge in [-0.1, -0.05) is 6.42 Å². The van der Waals surface area contributed by atoms with Crippen molar-refractivity contribution in [3.05, 3.63) is 15.9 Å². The molecule has 0 amide bonds. The number of aromatic nitrogens is 2. The number of halogens is 4. The van der Waals surface area contributed by atoms with Crippen LogP contribution >= 0.6 is 15.9 Å². The van der Waals surface area contributed by atoms with E-state index >= 15 is 0 Å². The highest BCUT2D eigenvalue weighted by atomic mass is 79.9. The largest absolute Gasteiger partial charge is 0.392 e. The molecule has 0 radical (unpaired) electrons. The van der Waals surface area contributed by atoms with E-state index in [-0.39, 0.29) is 18.8 Å². The van der Waals surface area contributed by atoms with Gasteiger partial charge >= 0.3 is 6.18 Å². The van der Waals surface area contributed by atoms with Crippen molar-refractivity contribution in [1.29, 1.82) is 0 Å². The molecule has 120 valence electrons. The van der Waals surface area contributed by atoms with E-state index in [0.29, 0.717) is 19.3 Å². The summed E-state index contributed by atoms with van der Waals surface area (Å²) in [4.78, 5) is 0. The summed E-state index contributed by atoms with van der Waals surface area (Å²) in [6.07, 6.45) is -3.20. The molecule has 1 aromatic heterocycles. The van der Waals surface area contributed by atoms with Crippen LogP contribution in [0, 0.1) is 18.8 Å². The van der Waals surface area contributed by atoms with Crippen LogP contribution in [-0.2, 0) is 13.5 Å². The average Bonchev–Trinajstić information content (AvgIpc) is 2.64. The maximum atomic E-state index is 12.8. The number of rotatable bonds is 3. The standard InChI is InChI=1S/C14H20BrF3N2O/c1-8-13(15)11(20(2)19-8)7-12(21)9-4-3-5-10(6-9)14(16,17)18/h9-10,12,21H,3-7H2,1-2H3. The van der Waals surface area contributed by atoms with Gasteiger partial charge in [-0.3, -0.25) is 4.68 Å². The molecule has 7 heteroatoms. The zero-order valence-corrected chi connectivity index (χ0v) is 13.7. The first-order valence-electron chi connectivity index (χ1n) is 7.13. The van der Waals surface area contributed by atoms with Crippen molar-refractivity contribution in [2.24, 2.45) is 18.9 Å². The lowest BCUT2D eigenvalue weighted by Crippen LogP contribution is -2.34. The van der Waals surface area contributed by atoms with Crippen LogP contribution in [-0.4, -0.2) is 27.2 Å². The van der Waals surface area contributed by atoms with Gasteiger partial charge in [0.25, 0.3) is 0 Å². The Kier molecular flexibility index (Phi) is 5.03. The van der Waals surface area contributed by atoms with Gasteiger partial charge in [0.1, 0.15) is 0 Å². The summed E-state index contributed by atoms with van der Waals surface area (Å²) in [5.41, 5.74) is 1.64. The number of nitrogens with zero attached hydrogens (tertiary/aromatic N) is 2. The van der Waals surface area contributed by atoms with E-state index < -0.39 is 18.2 Å². The maximum absolute atomic E-state index is 12.8. The SMILES string of the molecule is Cc1nn(C)c(CC(O)C2CCCC(C(F)(F)F)C2)c1Br. The first-order valence-corrected chi connectivity index (χ1v) is 7.92. The van der Waals surface area contributed by atoms with Crippen LogP contribution in [0.4, 0.5) is 13.2 Å². The molecule has 3 unspecified atom stereocenters. The Morgan fingerprint density at radius 3 is 2.62 bits per heavy atom. The molecule has 0 bridgehead atoms. The zero-order chi connectivity index (χ0) is 15.8. The third-order valence-corrected chi connectivity index (χ3v) is 5.42. The summed E-state index contributed by atoms with van der Waals surface area (Å²) in [6.45, 7) is 1.85. The number of aliphatic hydroxyl groups is 1. The van der Waals surface area contributed by atoms with Crippen LogP contribution < -0.4 is 0 Å². The Hall–Kier alpha value is -0.560. The third-order valence-electron chi connectivity index (χ3n) is 4.39. The quantitative estimate of drug-likeness (QED) is 0.881. The van der Waals surface area contributed by atoms with Gasteiger partial charge in [-0.05, 0) is 48.0 Å². The highest BCUT2D eigenvalue weighted by molar-refractivity contribution is 9.10. The molecule has 0 aliphatic heterocycles. The van der Waals surface area contributed by atoms with Crippen molar-refractivity contribution in [3.63, 3.8) is 0 Å². The predicted octanol–water partition coefficient (Wildman–Crippen LogP) is 3.76. The molecule has 1 heterocycles. The highest BCUT2D eigenvalue weighted by Gasteiger charge is 2.43. The van der Waals surface area contributed by atoms with Crippen LogP contribution in [0.25, 0.3) is 0 Å². The van der Waals surface area contributed by atoms with Crippen molar-refractivity contribution >= 4 is 15.9 Å². The number of alkyl halides is 3. The monoisotopic (exact) mass is 368 g/mol. The molecule has 0 aromatic carbocycles. The van der Waals surface area contributed by atoms with Crippen LogP contribution in [0.1, 0.15) is 37.1 Å². The molecule has 3 atom stereocenters. The van der Waals surface area contributed by atoms with Crippen LogP contribution in [0.15, 0.2) is 4.47 Å². The minimum absolute atomic E-state index is 0.0269. The lowest BCUT2D eigenvalue weighted by atomic mass is 9.77. The average molecular weight is 369 g/mol. The fraction of sp³-hybridized carbons (Fsp3) is 0.786. The fourth-order valence-corrected chi connectivity index (χ4v) is 3.64. The number of hydrogen-bond donors (Lipinski definition) is 1. The Morgan fingerprint density at radius 2 is 2.10 bits per heavy atom. The normalized spacial score (nSPS) is 25.1. The predicted molar refractivity (Wildman–Crippen MR) is 76.9 cm³/mol. The van der Waals surface area contributed by atoms with Crippen LogP contribution in [0.2, 0.25) is 0 Å². The first-order chi connectivity index (χ1) is 9.70. The molecule has 1 aliphatic rings. The van der Waals surface area contributed by atoms with Gasteiger partial charge in [0, 0.05) is 13.5 Å². The van der Waals surface area contributed by atoms with Crippen molar-refractivity contribution in [2.75, 3.05) is 0 Å². The Labute approximate surface area is 130 Å². The minimum atomic E-state index is -4.15. The van der Waals surface area contributed by atoms with E-state index in [1.165, 1.54) is 0 Å². The molecule has 3 nitrogen and oxygen atoms in total. The number of hydrogen-bond acceptors (Lipinski definition) is 2. The van der Waals surface area contributed by atoms with Crippen molar-refractivity contribution in [2.45, 2.75) is 51.3 Å². The first kappa shape index (κ1) is 16.8. The van der Waals surface area contributed by atoms with E-state index in [9.17, 15) is 18.3 Å². The van der Waals surface area contributed by atoms with Gasteiger partial charge in [-0.2, -0.15) is 18.3 Å². The van der Waals surface area contributed by atoms with Crippen LogP contribution in [0.3, 0.4) is 0 Å². The van der Waals surface area contributed by atoms with Crippen LogP contribution in [0.5, 0.6) is 0 Å². The van der Waals surface area contributed by atoms with Gasteiger partial charge < -0.3 is 5.11 Å². The zero-order valence-electron chi connectivity index (χ0n) is 12.1. The van der Waals surface area contributed by atoms with Crippen molar-refractivity contribution in [3.8, 4) is 0 Å². The lowest BCUT2D eigenvalue weighted by molar-refractivity contribution is -0.188. The maximum Gasteiger partial charge on any atom is 0.391 e. The molecule has 1 aliphatic carbocycles. The Morgan fingerprint density at radius 1 is 1.43 bits per heavy atom. The molecule has 1 fully saturated rings. The van der Waals surface area contributed by atoms with Gasteiger partial charge in [-0.25, -0.2) is 0 Å². The van der Waals surface area contributed by atoms with E-state index in [1.54, 1.807) is 11.7 Å². The molecular formula is C14H20BrF3N2O.